The van der Waals surface area contributed by atoms with Crippen LogP contribution in [0, 0.1) is 0 Å². The zero-order valence-electron chi connectivity index (χ0n) is 9.46. The average Bonchev–Trinajstić information content (AvgIpc) is 2.30. The van der Waals surface area contributed by atoms with Crippen molar-refractivity contribution in [3.63, 3.8) is 0 Å². The Morgan fingerprint density at radius 2 is 2.00 bits per heavy atom. The highest BCUT2D eigenvalue weighted by Gasteiger charge is 2.09. The molecule has 2 N–H and O–H groups in total. The fourth-order valence-electron chi connectivity index (χ4n) is 1.52. The van der Waals surface area contributed by atoms with E-state index in [1.54, 1.807) is 13.3 Å². The molecule has 5 heteroatoms. The van der Waals surface area contributed by atoms with E-state index >= 15 is 0 Å². The Hall–Kier alpha value is -1.17. The SMILES string of the molecule is COc1ncccc1CN(CCO)CCO. The second kappa shape index (κ2) is 7.16. The number of methoxy groups -OCH3 is 1. The standard InChI is InChI=1S/C11H18N2O3/c1-16-11-10(3-2-4-12-11)9-13(5-7-14)6-8-15/h2-4,14-15H,5-9H2,1H3. The summed E-state index contributed by atoms with van der Waals surface area (Å²) in [5.74, 6) is 0.586. The molecule has 0 fully saturated rings. The zero-order valence-corrected chi connectivity index (χ0v) is 9.46. The van der Waals surface area contributed by atoms with Gasteiger partial charge in [0, 0.05) is 31.4 Å². The first-order valence-electron chi connectivity index (χ1n) is 5.23. The summed E-state index contributed by atoms with van der Waals surface area (Å²) in [4.78, 5) is 6.04. The predicted molar refractivity (Wildman–Crippen MR) is 60.2 cm³/mol. The van der Waals surface area contributed by atoms with E-state index in [4.69, 9.17) is 14.9 Å². The van der Waals surface area contributed by atoms with Gasteiger partial charge in [0.2, 0.25) is 5.88 Å². The van der Waals surface area contributed by atoms with Gasteiger partial charge in [-0.25, -0.2) is 4.98 Å². The Labute approximate surface area is 95.3 Å². The van der Waals surface area contributed by atoms with Crippen molar-refractivity contribution in [2.24, 2.45) is 0 Å². The Morgan fingerprint density at radius 1 is 1.31 bits per heavy atom. The van der Waals surface area contributed by atoms with Crippen molar-refractivity contribution in [2.45, 2.75) is 6.54 Å². The molecule has 0 aromatic carbocycles. The monoisotopic (exact) mass is 226 g/mol. The van der Waals surface area contributed by atoms with Crippen LogP contribution in [0.1, 0.15) is 5.56 Å². The van der Waals surface area contributed by atoms with Crippen LogP contribution in [0.3, 0.4) is 0 Å². The van der Waals surface area contributed by atoms with E-state index in [2.05, 4.69) is 4.98 Å². The molecule has 1 aromatic heterocycles. The van der Waals surface area contributed by atoms with E-state index in [0.717, 1.165) is 5.56 Å². The highest BCUT2D eigenvalue weighted by atomic mass is 16.5. The summed E-state index contributed by atoms with van der Waals surface area (Å²) in [5.41, 5.74) is 0.951. The van der Waals surface area contributed by atoms with Crippen LogP contribution in [0.15, 0.2) is 18.3 Å². The molecule has 0 bridgehead atoms. The van der Waals surface area contributed by atoms with Gasteiger partial charge in [-0.2, -0.15) is 0 Å². The molecule has 1 aromatic rings. The van der Waals surface area contributed by atoms with Gasteiger partial charge < -0.3 is 14.9 Å². The van der Waals surface area contributed by atoms with Crippen LogP contribution in [-0.2, 0) is 6.54 Å². The minimum absolute atomic E-state index is 0.0720. The minimum atomic E-state index is 0.0720. The zero-order chi connectivity index (χ0) is 11.8. The predicted octanol–water partition coefficient (Wildman–Crippen LogP) is -0.123. The fourth-order valence-corrected chi connectivity index (χ4v) is 1.52. The first-order valence-corrected chi connectivity index (χ1v) is 5.23. The van der Waals surface area contributed by atoms with Crippen LogP contribution < -0.4 is 4.74 Å². The number of aliphatic hydroxyl groups excluding tert-OH is 2. The lowest BCUT2D eigenvalue weighted by atomic mass is 10.2. The molecule has 0 saturated heterocycles. The van der Waals surface area contributed by atoms with Gasteiger partial charge in [0.25, 0.3) is 0 Å². The highest BCUT2D eigenvalue weighted by molar-refractivity contribution is 5.25. The van der Waals surface area contributed by atoms with Crippen LogP contribution in [0.4, 0.5) is 0 Å². The molecule has 0 unspecified atom stereocenters. The van der Waals surface area contributed by atoms with Gasteiger partial charge in [-0.1, -0.05) is 6.07 Å². The number of hydrogen-bond donors (Lipinski definition) is 2. The summed E-state index contributed by atoms with van der Waals surface area (Å²) in [5, 5.41) is 17.8. The summed E-state index contributed by atoms with van der Waals surface area (Å²) < 4.78 is 5.14. The van der Waals surface area contributed by atoms with Gasteiger partial charge in [-0.05, 0) is 6.07 Å². The van der Waals surface area contributed by atoms with Crippen LogP contribution in [-0.4, -0.2) is 53.5 Å². The van der Waals surface area contributed by atoms with E-state index < -0.39 is 0 Å². The molecule has 0 radical (unpaired) electrons. The molecule has 1 heterocycles. The van der Waals surface area contributed by atoms with Gasteiger partial charge >= 0.3 is 0 Å². The van der Waals surface area contributed by atoms with E-state index in [-0.39, 0.29) is 13.2 Å². The molecular formula is C11H18N2O3. The molecule has 0 aliphatic rings. The first-order chi connectivity index (χ1) is 7.81. The lowest BCUT2D eigenvalue weighted by Crippen LogP contribution is -2.29. The average molecular weight is 226 g/mol. The van der Waals surface area contributed by atoms with Gasteiger partial charge in [0.1, 0.15) is 0 Å². The molecule has 0 saturated carbocycles. The van der Waals surface area contributed by atoms with Crippen molar-refractivity contribution in [3.8, 4) is 5.88 Å². The number of nitrogens with zero attached hydrogens (tertiary/aromatic N) is 2. The molecule has 0 amide bonds. The van der Waals surface area contributed by atoms with Crippen molar-refractivity contribution in [1.82, 2.24) is 9.88 Å². The third-order valence-electron chi connectivity index (χ3n) is 2.27. The van der Waals surface area contributed by atoms with E-state index in [1.807, 2.05) is 17.0 Å². The number of ether oxygens (including phenoxy) is 1. The van der Waals surface area contributed by atoms with E-state index in [0.29, 0.717) is 25.5 Å². The first kappa shape index (κ1) is 12.9. The van der Waals surface area contributed by atoms with Crippen molar-refractivity contribution in [1.29, 1.82) is 0 Å². The van der Waals surface area contributed by atoms with Crippen molar-refractivity contribution >= 4 is 0 Å². The third kappa shape index (κ3) is 3.77. The lowest BCUT2D eigenvalue weighted by molar-refractivity contribution is 0.154. The van der Waals surface area contributed by atoms with Crippen LogP contribution >= 0.6 is 0 Å². The highest BCUT2D eigenvalue weighted by Crippen LogP contribution is 2.15. The maximum absolute atomic E-state index is 8.90. The second-order valence-corrected chi connectivity index (χ2v) is 3.40. The smallest absolute Gasteiger partial charge is 0.217 e. The summed E-state index contributed by atoms with van der Waals surface area (Å²) in [6.45, 7) is 1.81. The van der Waals surface area contributed by atoms with Crippen LogP contribution in [0.2, 0.25) is 0 Å². The Bertz CT molecular complexity index is 301. The lowest BCUT2D eigenvalue weighted by Gasteiger charge is -2.20. The number of rotatable bonds is 7. The summed E-state index contributed by atoms with van der Waals surface area (Å²) >= 11 is 0. The van der Waals surface area contributed by atoms with Crippen molar-refractivity contribution in [3.05, 3.63) is 23.9 Å². The number of aromatic nitrogens is 1. The van der Waals surface area contributed by atoms with Crippen molar-refractivity contribution in [2.75, 3.05) is 33.4 Å². The van der Waals surface area contributed by atoms with Gasteiger partial charge in [-0.15, -0.1) is 0 Å². The normalized spacial score (nSPS) is 10.8. The van der Waals surface area contributed by atoms with Gasteiger partial charge in [0.05, 0.1) is 20.3 Å². The summed E-state index contributed by atoms with van der Waals surface area (Å²) in [6.07, 6.45) is 1.67. The third-order valence-corrected chi connectivity index (χ3v) is 2.27. The van der Waals surface area contributed by atoms with Gasteiger partial charge in [0.15, 0.2) is 0 Å². The van der Waals surface area contributed by atoms with Crippen LogP contribution in [0.25, 0.3) is 0 Å². The molecule has 0 aliphatic heterocycles. The number of pyridine rings is 1. The Balaban J connectivity index is 2.67. The number of hydrogen-bond acceptors (Lipinski definition) is 5. The summed E-state index contributed by atoms with van der Waals surface area (Å²) in [7, 11) is 1.58. The summed E-state index contributed by atoms with van der Waals surface area (Å²) in [6, 6.07) is 3.77. The van der Waals surface area contributed by atoms with E-state index in [9.17, 15) is 0 Å². The Morgan fingerprint density at radius 3 is 2.56 bits per heavy atom. The van der Waals surface area contributed by atoms with Crippen molar-refractivity contribution < 1.29 is 14.9 Å². The molecular weight excluding hydrogens is 208 g/mol. The molecule has 5 nitrogen and oxygen atoms in total. The maximum atomic E-state index is 8.90. The molecule has 16 heavy (non-hydrogen) atoms. The largest absolute Gasteiger partial charge is 0.481 e. The van der Waals surface area contributed by atoms with Gasteiger partial charge in [-0.3, -0.25) is 4.90 Å². The van der Waals surface area contributed by atoms with E-state index in [1.165, 1.54) is 0 Å². The van der Waals surface area contributed by atoms with Crippen LogP contribution in [0.5, 0.6) is 5.88 Å². The molecule has 0 spiro atoms. The molecule has 1 rings (SSSR count). The fraction of sp³-hybridized carbons (Fsp3) is 0.545. The topological polar surface area (TPSA) is 65.8 Å². The molecule has 0 atom stereocenters. The quantitative estimate of drug-likeness (QED) is 0.678. The molecule has 0 aliphatic carbocycles. The molecule has 90 valence electrons. The maximum Gasteiger partial charge on any atom is 0.217 e. The number of aliphatic hydroxyl groups is 2. The Kier molecular flexibility index (Phi) is 5.77. The minimum Gasteiger partial charge on any atom is -0.481 e. The second-order valence-electron chi connectivity index (χ2n) is 3.40.